The number of ether oxygens (including phenoxy) is 3. The molecule has 3 rings (SSSR count). The molecule has 2 saturated heterocycles. The van der Waals surface area contributed by atoms with Crippen LogP contribution < -0.4 is 5.32 Å². The fraction of sp³-hybridized carbons (Fsp3) is 0.632. The predicted molar refractivity (Wildman–Crippen MR) is 103 cm³/mol. The van der Waals surface area contributed by atoms with Crippen molar-refractivity contribution in [3.05, 3.63) is 29.8 Å². The minimum atomic E-state index is -1.75. The van der Waals surface area contributed by atoms with Crippen LogP contribution in [-0.4, -0.2) is 121 Å². The molecule has 0 spiro atoms. The van der Waals surface area contributed by atoms with Gasteiger partial charge in [0.1, 0.15) is 48.8 Å². The molecule has 0 saturated carbocycles. The number of aromatic carboxylic acids is 1. The van der Waals surface area contributed by atoms with Gasteiger partial charge in [-0.15, -0.1) is 0 Å². The van der Waals surface area contributed by atoms with E-state index in [1.165, 1.54) is 24.3 Å². The highest BCUT2D eigenvalue weighted by atomic mass is 16.7. The van der Waals surface area contributed by atoms with Crippen LogP contribution in [0.3, 0.4) is 0 Å². The third-order valence-corrected chi connectivity index (χ3v) is 5.44. The van der Waals surface area contributed by atoms with Gasteiger partial charge in [0.25, 0.3) is 0 Å². The number of benzene rings is 1. The molecule has 10 atom stereocenters. The van der Waals surface area contributed by atoms with Crippen molar-refractivity contribution in [3.8, 4) is 0 Å². The molecule has 0 unspecified atom stereocenters. The van der Waals surface area contributed by atoms with E-state index in [1.54, 1.807) is 0 Å². The lowest BCUT2D eigenvalue weighted by Crippen LogP contribution is -2.65. The summed E-state index contributed by atoms with van der Waals surface area (Å²) >= 11 is 0. The molecule has 0 bridgehead atoms. The molecule has 180 valence electrons. The molecule has 2 heterocycles. The average Bonchev–Trinajstić information content (AvgIpc) is 2.79. The van der Waals surface area contributed by atoms with Gasteiger partial charge < -0.3 is 60.4 Å². The van der Waals surface area contributed by atoms with E-state index >= 15 is 0 Å². The number of anilines is 1. The molecule has 2 aliphatic rings. The maximum Gasteiger partial charge on any atom is 0.335 e. The van der Waals surface area contributed by atoms with Gasteiger partial charge in [-0.3, -0.25) is 0 Å². The summed E-state index contributed by atoms with van der Waals surface area (Å²) < 4.78 is 16.3. The third kappa shape index (κ3) is 5.02. The monoisotopic (exact) mass is 461 g/mol. The molecule has 1 aromatic rings. The molecule has 2 aliphatic heterocycles. The Kier molecular flexibility index (Phi) is 8.00. The fourth-order valence-corrected chi connectivity index (χ4v) is 3.58. The fourth-order valence-electron chi connectivity index (χ4n) is 3.58. The maximum absolute atomic E-state index is 10.9. The lowest BCUT2D eigenvalue weighted by atomic mass is 9.96. The minimum Gasteiger partial charge on any atom is -0.478 e. The van der Waals surface area contributed by atoms with E-state index < -0.39 is 80.5 Å². The molecule has 9 N–H and O–H groups in total. The Morgan fingerprint density at radius 3 is 2.03 bits per heavy atom. The van der Waals surface area contributed by atoms with Crippen molar-refractivity contribution in [2.45, 2.75) is 61.3 Å². The summed E-state index contributed by atoms with van der Waals surface area (Å²) in [5.74, 6) is -1.12. The first kappa shape index (κ1) is 24.7. The largest absolute Gasteiger partial charge is 0.478 e. The Morgan fingerprint density at radius 2 is 1.47 bits per heavy atom. The summed E-state index contributed by atoms with van der Waals surface area (Å²) in [4.78, 5) is 10.9. The molecule has 1 aromatic carbocycles. The average molecular weight is 461 g/mol. The number of hydrogen-bond acceptors (Lipinski definition) is 12. The van der Waals surface area contributed by atoms with E-state index in [0.717, 1.165) is 0 Å². The minimum absolute atomic E-state index is 0.0434. The van der Waals surface area contributed by atoms with Crippen LogP contribution in [0.1, 0.15) is 10.4 Å². The highest BCUT2D eigenvalue weighted by Crippen LogP contribution is 2.29. The first-order valence-electron chi connectivity index (χ1n) is 9.86. The summed E-state index contributed by atoms with van der Waals surface area (Å²) in [6, 6.07) is 5.50. The molecule has 13 heteroatoms. The van der Waals surface area contributed by atoms with Crippen LogP contribution in [0.15, 0.2) is 24.3 Å². The number of nitrogens with one attached hydrogen (secondary N) is 1. The second kappa shape index (κ2) is 10.4. The Hall–Kier alpha value is -1.91. The lowest BCUT2D eigenvalue weighted by molar-refractivity contribution is -0.340. The van der Waals surface area contributed by atoms with Gasteiger partial charge >= 0.3 is 5.97 Å². The van der Waals surface area contributed by atoms with Crippen LogP contribution in [0, 0.1) is 0 Å². The van der Waals surface area contributed by atoms with Gasteiger partial charge in [-0.05, 0) is 24.3 Å². The third-order valence-electron chi connectivity index (χ3n) is 5.44. The number of aliphatic hydroxyl groups is 7. The molecule has 0 amide bonds. The summed E-state index contributed by atoms with van der Waals surface area (Å²) in [7, 11) is 0. The zero-order valence-corrected chi connectivity index (χ0v) is 16.7. The van der Waals surface area contributed by atoms with Crippen molar-refractivity contribution in [2.24, 2.45) is 0 Å². The molecule has 13 nitrogen and oxygen atoms in total. The van der Waals surface area contributed by atoms with Crippen molar-refractivity contribution in [2.75, 3.05) is 18.5 Å². The van der Waals surface area contributed by atoms with Crippen molar-refractivity contribution < 1.29 is 59.9 Å². The SMILES string of the molecule is O=C(O)c1ccc(N[C@@H]2O[C@@H](CO)[C@H](O[C@H]3O[C@H](CO)[C@@H](O)[C@H](O)[C@H]3O)[C@@H](O)[C@@H]2O)cc1. The highest BCUT2D eigenvalue weighted by Gasteiger charge is 2.50. The van der Waals surface area contributed by atoms with E-state index in [0.29, 0.717) is 5.69 Å². The number of carboxylic acids is 1. The maximum atomic E-state index is 10.9. The summed E-state index contributed by atoms with van der Waals surface area (Å²) in [5.41, 5.74) is 0.415. The van der Waals surface area contributed by atoms with Gasteiger partial charge in [0.05, 0.1) is 18.8 Å². The van der Waals surface area contributed by atoms with Crippen molar-refractivity contribution in [3.63, 3.8) is 0 Å². The first-order chi connectivity index (χ1) is 15.2. The Bertz CT molecular complexity index is 759. The quantitative estimate of drug-likeness (QED) is 0.192. The van der Waals surface area contributed by atoms with E-state index in [9.17, 15) is 40.5 Å². The van der Waals surface area contributed by atoms with E-state index in [4.69, 9.17) is 19.3 Å². The van der Waals surface area contributed by atoms with Crippen LogP contribution in [0.2, 0.25) is 0 Å². The first-order valence-corrected chi connectivity index (χ1v) is 9.86. The number of aliphatic hydroxyl groups excluding tert-OH is 7. The van der Waals surface area contributed by atoms with E-state index in [1.807, 2.05) is 0 Å². The van der Waals surface area contributed by atoms with Crippen LogP contribution in [-0.2, 0) is 14.2 Å². The molecule has 0 aromatic heterocycles. The van der Waals surface area contributed by atoms with Crippen LogP contribution in [0.5, 0.6) is 0 Å². The molecular formula is C19H27NO12. The van der Waals surface area contributed by atoms with Gasteiger partial charge in [0.2, 0.25) is 0 Å². The normalized spacial score (nSPS) is 40.1. The van der Waals surface area contributed by atoms with Crippen LogP contribution >= 0.6 is 0 Å². The second-order valence-corrected chi connectivity index (χ2v) is 7.58. The zero-order chi connectivity index (χ0) is 23.6. The summed E-state index contributed by atoms with van der Waals surface area (Å²) in [5, 5.41) is 81.6. The van der Waals surface area contributed by atoms with E-state index in [-0.39, 0.29) is 5.56 Å². The van der Waals surface area contributed by atoms with Gasteiger partial charge in [0.15, 0.2) is 12.5 Å². The summed E-state index contributed by atoms with van der Waals surface area (Å²) in [6.07, 6.45) is -15.0. The van der Waals surface area contributed by atoms with Gasteiger partial charge in [-0.1, -0.05) is 0 Å². The smallest absolute Gasteiger partial charge is 0.335 e. The van der Waals surface area contributed by atoms with Crippen molar-refractivity contribution in [1.82, 2.24) is 0 Å². The molecule has 2 fully saturated rings. The highest BCUT2D eigenvalue weighted by molar-refractivity contribution is 5.88. The zero-order valence-electron chi connectivity index (χ0n) is 16.7. The predicted octanol–water partition coefficient (Wildman–Crippen LogP) is -3.58. The standard InChI is InChI=1S/C19H27NO12/c21-5-9-11(23)12(24)15(27)19(31-9)32-16-10(6-22)30-17(14(26)13(16)25)20-8-3-1-7(2-4-8)18(28)29/h1-4,9-17,19-27H,5-6H2,(H,28,29)/t9-,10+,11-,12+,13+,14+,15-,16+,17-,19-/m1/s1. The summed E-state index contributed by atoms with van der Waals surface area (Å²) in [6.45, 7) is -1.35. The number of hydrogen-bond donors (Lipinski definition) is 9. The van der Waals surface area contributed by atoms with Crippen molar-refractivity contribution in [1.29, 1.82) is 0 Å². The second-order valence-electron chi connectivity index (χ2n) is 7.58. The molecular weight excluding hydrogens is 434 g/mol. The lowest BCUT2D eigenvalue weighted by Gasteiger charge is -2.46. The number of carbonyl (C=O) groups is 1. The molecule has 32 heavy (non-hydrogen) atoms. The van der Waals surface area contributed by atoms with Gasteiger partial charge in [0, 0.05) is 5.69 Å². The van der Waals surface area contributed by atoms with Crippen LogP contribution in [0.4, 0.5) is 5.69 Å². The van der Waals surface area contributed by atoms with E-state index in [2.05, 4.69) is 5.32 Å². The Morgan fingerprint density at radius 1 is 0.844 bits per heavy atom. The van der Waals surface area contributed by atoms with Gasteiger partial charge in [-0.25, -0.2) is 4.79 Å². The molecule has 0 aliphatic carbocycles. The van der Waals surface area contributed by atoms with Gasteiger partial charge in [-0.2, -0.15) is 0 Å². The topological polar surface area (TPSA) is 219 Å². The Balaban J connectivity index is 1.70. The Labute approximate surface area is 182 Å². The number of carboxylic acid groups (broad SMARTS) is 1. The van der Waals surface area contributed by atoms with Crippen molar-refractivity contribution >= 4 is 11.7 Å². The number of rotatable bonds is 7. The van der Waals surface area contributed by atoms with Crippen LogP contribution in [0.25, 0.3) is 0 Å². The molecule has 0 radical (unpaired) electrons.